The average molecular weight is 566 g/mol. The number of hydrogen-bond acceptors (Lipinski definition) is 5. The number of carbonyl (C=O) groups is 2. The van der Waals surface area contributed by atoms with Crippen LogP contribution >= 0.6 is 0 Å². The van der Waals surface area contributed by atoms with E-state index in [0.29, 0.717) is 24.1 Å². The van der Waals surface area contributed by atoms with E-state index in [-0.39, 0.29) is 23.6 Å². The number of ether oxygens (including phenoxy) is 1. The van der Waals surface area contributed by atoms with Gasteiger partial charge < -0.3 is 10.1 Å². The highest BCUT2D eigenvalue weighted by Crippen LogP contribution is 2.39. The highest BCUT2D eigenvalue weighted by molar-refractivity contribution is 5.76. The van der Waals surface area contributed by atoms with Gasteiger partial charge in [0.1, 0.15) is 23.4 Å². The van der Waals surface area contributed by atoms with Crippen LogP contribution in [0.3, 0.4) is 0 Å². The smallest absolute Gasteiger partial charge is 0.323 e. The highest BCUT2D eigenvalue weighted by Gasteiger charge is 2.30. The zero-order valence-electron chi connectivity index (χ0n) is 24.1. The average Bonchev–Trinajstić information content (AvgIpc) is 3.26. The minimum atomic E-state index is -0.388. The van der Waals surface area contributed by atoms with Crippen LogP contribution in [0.5, 0.6) is 0 Å². The molecular weight excluding hydrogens is 524 g/mol. The van der Waals surface area contributed by atoms with Crippen molar-refractivity contribution in [2.75, 3.05) is 14.2 Å². The summed E-state index contributed by atoms with van der Waals surface area (Å²) in [5.41, 5.74) is 5.17. The van der Waals surface area contributed by atoms with Crippen LogP contribution < -0.4 is 5.32 Å². The van der Waals surface area contributed by atoms with Crippen LogP contribution in [0.15, 0.2) is 48.5 Å². The highest BCUT2D eigenvalue weighted by atomic mass is 19.1. The quantitative estimate of drug-likeness (QED) is 0.191. The SMILES string of the molecule is CN[C@@H](Cc1ccc(F)cc1)C(=O)OC.O=Cc1nn(C2CCCCC2)c2c1CCCCC2Cc1ccc(F)cc1. The molecular formula is C33H41F2N3O3. The molecule has 8 heteroatoms. The van der Waals surface area contributed by atoms with Gasteiger partial charge in [0, 0.05) is 17.2 Å². The molecule has 2 atom stereocenters. The molecule has 3 aromatic rings. The number of nitrogens with one attached hydrogen (secondary N) is 1. The molecule has 2 aromatic carbocycles. The van der Waals surface area contributed by atoms with Crippen LogP contribution in [0.4, 0.5) is 8.78 Å². The molecule has 2 aliphatic rings. The maximum Gasteiger partial charge on any atom is 0.323 e. The molecule has 6 nitrogen and oxygen atoms in total. The Morgan fingerprint density at radius 1 is 0.976 bits per heavy atom. The number of carbonyl (C=O) groups excluding carboxylic acids is 2. The number of nitrogens with zero attached hydrogens (tertiary/aromatic N) is 2. The number of esters is 1. The van der Waals surface area contributed by atoms with Crippen molar-refractivity contribution in [2.24, 2.45) is 0 Å². The first-order valence-corrected chi connectivity index (χ1v) is 14.7. The number of methoxy groups -OCH3 is 1. The number of aldehydes is 1. The Kier molecular flexibility index (Phi) is 11.2. The molecule has 0 spiro atoms. The molecule has 0 saturated heterocycles. The summed E-state index contributed by atoms with van der Waals surface area (Å²) in [5.74, 6) is -0.425. The fourth-order valence-corrected chi connectivity index (χ4v) is 6.12. The van der Waals surface area contributed by atoms with E-state index in [1.807, 2.05) is 12.1 Å². The van der Waals surface area contributed by atoms with Gasteiger partial charge >= 0.3 is 5.97 Å². The van der Waals surface area contributed by atoms with Crippen molar-refractivity contribution in [2.45, 2.75) is 88.6 Å². The van der Waals surface area contributed by atoms with Crippen LogP contribution in [0, 0.1) is 11.6 Å². The second-order valence-corrected chi connectivity index (χ2v) is 11.1. The summed E-state index contributed by atoms with van der Waals surface area (Å²) >= 11 is 0. The van der Waals surface area contributed by atoms with E-state index in [4.69, 9.17) is 5.10 Å². The molecule has 5 rings (SSSR count). The molecule has 220 valence electrons. The fraction of sp³-hybridized carbons (Fsp3) is 0.485. The first-order chi connectivity index (χ1) is 19.9. The van der Waals surface area contributed by atoms with Gasteiger partial charge in [0.15, 0.2) is 6.29 Å². The number of aromatic nitrogens is 2. The monoisotopic (exact) mass is 565 g/mol. The van der Waals surface area contributed by atoms with Crippen LogP contribution in [-0.4, -0.2) is 42.2 Å². The lowest BCUT2D eigenvalue weighted by atomic mass is 9.89. The first kappa shape index (κ1) is 30.6. The van der Waals surface area contributed by atoms with Crippen molar-refractivity contribution >= 4 is 12.3 Å². The van der Waals surface area contributed by atoms with Gasteiger partial charge in [-0.2, -0.15) is 5.10 Å². The normalized spacial score (nSPS) is 17.9. The van der Waals surface area contributed by atoms with Gasteiger partial charge in [-0.05, 0) is 87.4 Å². The number of rotatable bonds is 8. The standard InChI is InChI=1S/C22H27FN2O.C11H14FNO2/c23-18-12-10-16(11-13-18)14-17-6-4-5-9-20-21(15-26)24-25(22(17)20)19-7-2-1-3-8-19;1-13-10(11(14)15-2)7-8-3-5-9(12)6-4-8/h10-13,15,17,19H,1-9,14H2;3-6,10,13H,7H2,1-2H3/t;10-/m.0/s1. The van der Waals surface area contributed by atoms with Gasteiger partial charge in [0.25, 0.3) is 0 Å². The third kappa shape index (κ3) is 8.09. The topological polar surface area (TPSA) is 73.2 Å². The molecule has 1 fully saturated rings. The van der Waals surface area contributed by atoms with Gasteiger partial charge in [0.2, 0.25) is 0 Å². The second-order valence-electron chi connectivity index (χ2n) is 11.1. The van der Waals surface area contributed by atoms with Crippen LogP contribution in [-0.2, 0) is 28.8 Å². The minimum absolute atomic E-state index is 0.189. The van der Waals surface area contributed by atoms with E-state index >= 15 is 0 Å². The number of halogens is 2. The molecule has 2 aliphatic carbocycles. The number of hydrogen-bond donors (Lipinski definition) is 1. The Morgan fingerprint density at radius 3 is 2.17 bits per heavy atom. The fourth-order valence-electron chi connectivity index (χ4n) is 6.12. The molecule has 1 saturated carbocycles. The summed E-state index contributed by atoms with van der Waals surface area (Å²) in [6.45, 7) is 0. The summed E-state index contributed by atoms with van der Waals surface area (Å²) < 4.78 is 32.7. The van der Waals surface area contributed by atoms with Crippen LogP contribution in [0.2, 0.25) is 0 Å². The van der Waals surface area contributed by atoms with E-state index in [1.54, 1.807) is 31.3 Å². The molecule has 1 heterocycles. The molecule has 1 unspecified atom stereocenters. The van der Waals surface area contributed by atoms with Crippen molar-refractivity contribution < 1.29 is 23.1 Å². The Balaban J connectivity index is 0.000000221. The lowest BCUT2D eigenvalue weighted by Crippen LogP contribution is -2.36. The van der Waals surface area contributed by atoms with Gasteiger partial charge in [0.05, 0.1) is 13.2 Å². The number of benzene rings is 2. The van der Waals surface area contributed by atoms with E-state index in [1.165, 1.54) is 56.2 Å². The van der Waals surface area contributed by atoms with Gasteiger partial charge in [-0.15, -0.1) is 0 Å². The molecule has 0 bridgehead atoms. The second kappa shape index (κ2) is 15.0. The number of likely N-dealkylation sites (N-methyl/N-ethyl adjacent to an activating group) is 1. The van der Waals surface area contributed by atoms with Crippen molar-refractivity contribution in [1.29, 1.82) is 0 Å². The Morgan fingerprint density at radius 2 is 1.59 bits per heavy atom. The summed E-state index contributed by atoms with van der Waals surface area (Å²) in [7, 11) is 3.03. The van der Waals surface area contributed by atoms with Crippen LogP contribution in [0.1, 0.15) is 96.2 Å². The lowest BCUT2D eigenvalue weighted by Gasteiger charge is -2.27. The molecule has 1 aromatic heterocycles. The maximum atomic E-state index is 13.3. The Bertz CT molecular complexity index is 1270. The van der Waals surface area contributed by atoms with E-state index in [9.17, 15) is 18.4 Å². The Hall–Kier alpha value is -3.39. The van der Waals surface area contributed by atoms with Gasteiger partial charge in [-0.1, -0.05) is 49.9 Å². The van der Waals surface area contributed by atoms with Crippen molar-refractivity contribution in [1.82, 2.24) is 15.1 Å². The van der Waals surface area contributed by atoms with E-state index < -0.39 is 0 Å². The summed E-state index contributed by atoms with van der Waals surface area (Å²) in [4.78, 5) is 22.9. The molecule has 1 N–H and O–H groups in total. The molecule has 0 radical (unpaired) electrons. The van der Waals surface area contributed by atoms with Crippen molar-refractivity contribution in [3.63, 3.8) is 0 Å². The van der Waals surface area contributed by atoms with E-state index in [2.05, 4.69) is 14.7 Å². The summed E-state index contributed by atoms with van der Waals surface area (Å²) in [6.07, 6.45) is 12.8. The summed E-state index contributed by atoms with van der Waals surface area (Å²) in [6, 6.07) is 13.0. The Labute approximate surface area is 241 Å². The predicted molar refractivity (Wildman–Crippen MR) is 155 cm³/mol. The largest absolute Gasteiger partial charge is 0.468 e. The zero-order valence-corrected chi connectivity index (χ0v) is 24.1. The van der Waals surface area contributed by atoms with Gasteiger partial charge in [-0.25, -0.2) is 8.78 Å². The third-order valence-corrected chi connectivity index (χ3v) is 8.31. The van der Waals surface area contributed by atoms with Crippen LogP contribution in [0.25, 0.3) is 0 Å². The third-order valence-electron chi connectivity index (χ3n) is 8.31. The zero-order chi connectivity index (χ0) is 29.2. The van der Waals surface area contributed by atoms with Crippen molar-refractivity contribution in [3.05, 3.63) is 88.2 Å². The summed E-state index contributed by atoms with van der Waals surface area (Å²) in [5, 5.41) is 7.62. The number of fused-ring (bicyclic) bond motifs is 1. The minimum Gasteiger partial charge on any atom is -0.468 e. The van der Waals surface area contributed by atoms with Gasteiger partial charge in [-0.3, -0.25) is 14.3 Å². The molecule has 0 amide bonds. The van der Waals surface area contributed by atoms with Crippen molar-refractivity contribution in [3.8, 4) is 0 Å². The maximum absolute atomic E-state index is 13.3. The molecule has 0 aliphatic heterocycles. The predicted octanol–water partition coefficient (Wildman–Crippen LogP) is 6.52. The first-order valence-electron chi connectivity index (χ1n) is 14.7. The van der Waals surface area contributed by atoms with E-state index in [0.717, 1.165) is 55.9 Å². The lowest BCUT2D eigenvalue weighted by molar-refractivity contribution is -0.142. The molecule has 41 heavy (non-hydrogen) atoms.